The van der Waals surface area contributed by atoms with Crippen LogP contribution in [0, 0.1) is 11.8 Å². The van der Waals surface area contributed by atoms with Gasteiger partial charge in [-0.15, -0.1) is 0 Å². The zero-order valence-electron chi connectivity index (χ0n) is 9.78. The van der Waals surface area contributed by atoms with E-state index in [1.807, 2.05) is 0 Å². The quantitative estimate of drug-likeness (QED) is 0.845. The summed E-state index contributed by atoms with van der Waals surface area (Å²) in [6.45, 7) is 3.81. The van der Waals surface area contributed by atoms with E-state index < -0.39 is 0 Å². The van der Waals surface area contributed by atoms with Crippen molar-refractivity contribution in [2.24, 2.45) is 17.6 Å². The number of hydrogen-bond acceptors (Lipinski definition) is 2. The van der Waals surface area contributed by atoms with E-state index in [-0.39, 0.29) is 6.04 Å². The smallest absolute Gasteiger partial charge is 0.0725 e. The first-order chi connectivity index (χ1) is 7.75. The highest BCUT2D eigenvalue weighted by Gasteiger charge is 2.32. The van der Waals surface area contributed by atoms with Gasteiger partial charge in [-0.2, -0.15) is 0 Å². The topological polar surface area (TPSA) is 35.2 Å². The number of nitrogens with two attached hydrogens (primary N) is 1. The second-order valence-electron chi connectivity index (χ2n) is 5.24. The van der Waals surface area contributed by atoms with Crippen molar-refractivity contribution >= 4 is 0 Å². The second kappa shape index (κ2) is 3.86. The van der Waals surface area contributed by atoms with Crippen LogP contribution in [-0.4, -0.2) is 0 Å². The van der Waals surface area contributed by atoms with Crippen LogP contribution in [0.5, 0.6) is 0 Å². The molecule has 1 heterocycles. The fraction of sp³-hybridized carbons (Fsp3) is 0.571. The van der Waals surface area contributed by atoms with Gasteiger partial charge in [0.15, 0.2) is 0 Å². The summed E-state index contributed by atoms with van der Waals surface area (Å²) < 4.78 is 5.43. The third-order valence-electron chi connectivity index (χ3n) is 4.06. The zero-order chi connectivity index (χ0) is 11.1. The summed E-state index contributed by atoms with van der Waals surface area (Å²) in [6.07, 6.45) is 2.73. The minimum absolute atomic E-state index is 0.193. The minimum atomic E-state index is 0.193. The van der Waals surface area contributed by atoms with E-state index in [4.69, 9.17) is 10.5 Å². The monoisotopic (exact) mass is 217 g/mol. The van der Waals surface area contributed by atoms with Gasteiger partial charge in [0.25, 0.3) is 0 Å². The lowest BCUT2D eigenvalue weighted by Crippen LogP contribution is -2.20. The number of fused-ring (bicyclic) bond motifs is 1. The Morgan fingerprint density at radius 2 is 2.00 bits per heavy atom. The first kappa shape index (κ1) is 10.3. The molecule has 1 aliphatic carbocycles. The minimum Gasteiger partial charge on any atom is -0.372 e. The Morgan fingerprint density at radius 3 is 2.75 bits per heavy atom. The number of rotatable bonds is 3. The molecule has 0 saturated heterocycles. The lowest BCUT2D eigenvalue weighted by atomic mass is 9.90. The molecule has 2 nitrogen and oxygen atoms in total. The molecule has 0 aromatic heterocycles. The Balaban J connectivity index is 1.82. The van der Waals surface area contributed by atoms with Crippen molar-refractivity contribution in [3.8, 4) is 0 Å². The predicted octanol–water partition coefficient (Wildman–Crippen LogP) is 2.76. The highest BCUT2D eigenvalue weighted by Crippen LogP contribution is 2.42. The Labute approximate surface area is 96.8 Å². The van der Waals surface area contributed by atoms with Crippen molar-refractivity contribution in [2.75, 3.05) is 0 Å². The molecule has 3 rings (SSSR count). The first-order valence-corrected chi connectivity index (χ1v) is 6.21. The maximum Gasteiger partial charge on any atom is 0.0725 e. The molecule has 1 aliphatic heterocycles. The van der Waals surface area contributed by atoms with E-state index in [0.29, 0.717) is 5.92 Å². The molecule has 2 unspecified atom stereocenters. The van der Waals surface area contributed by atoms with Gasteiger partial charge in [0, 0.05) is 6.04 Å². The van der Waals surface area contributed by atoms with Gasteiger partial charge in [-0.25, -0.2) is 0 Å². The highest BCUT2D eigenvalue weighted by molar-refractivity contribution is 5.34. The van der Waals surface area contributed by atoms with Crippen LogP contribution in [0.15, 0.2) is 18.2 Å². The molecule has 1 saturated carbocycles. The molecule has 2 heteroatoms. The molecule has 0 bridgehead atoms. The number of benzene rings is 1. The van der Waals surface area contributed by atoms with Crippen LogP contribution in [0.25, 0.3) is 0 Å². The average molecular weight is 217 g/mol. The Kier molecular flexibility index (Phi) is 2.49. The van der Waals surface area contributed by atoms with E-state index >= 15 is 0 Å². The third kappa shape index (κ3) is 1.76. The van der Waals surface area contributed by atoms with Crippen LogP contribution in [0.1, 0.15) is 42.5 Å². The molecular formula is C14H19NO. The van der Waals surface area contributed by atoms with Crippen molar-refractivity contribution in [3.05, 3.63) is 34.9 Å². The predicted molar refractivity (Wildman–Crippen MR) is 63.8 cm³/mol. The van der Waals surface area contributed by atoms with Gasteiger partial charge >= 0.3 is 0 Å². The van der Waals surface area contributed by atoms with Crippen LogP contribution in [0.3, 0.4) is 0 Å². The molecule has 1 aromatic carbocycles. The molecule has 86 valence electrons. The van der Waals surface area contributed by atoms with E-state index in [9.17, 15) is 0 Å². The Hall–Kier alpha value is -0.860. The van der Waals surface area contributed by atoms with Gasteiger partial charge in [0.2, 0.25) is 0 Å². The van der Waals surface area contributed by atoms with Crippen LogP contribution in [-0.2, 0) is 18.0 Å². The lowest BCUT2D eigenvalue weighted by molar-refractivity contribution is 0.134. The molecular weight excluding hydrogens is 198 g/mol. The van der Waals surface area contributed by atoms with Gasteiger partial charge < -0.3 is 10.5 Å². The molecule has 0 amide bonds. The van der Waals surface area contributed by atoms with Crippen molar-refractivity contribution in [3.63, 3.8) is 0 Å². The highest BCUT2D eigenvalue weighted by atomic mass is 16.5. The third-order valence-corrected chi connectivity index (χ3v) is 4.06. The summed E-state index contributed by atoms with van der Waals surface area (Å²) in [4.78, 5) is 0. The molecule has 2 aliphatic rings. The summed E-state index contributed by atoms with van der Waals surface area (Å²) in [5, 5.41) is 0. The fourth-order valence-corrected chi connectivity index (χ4v) is 2.62. The summed E-state index contributed by atoms with van der Waals surface area (Å²) >= 11 is 0. The van der Waals surface area contributed by atoms with Crippen molar-refractivity contribution in [2.45, 2.75) is 39.0 Å². The summed E-state index contributed by atoms with van der Waals surface area (Å²) in [5.41, 5.74) is 10.3. The average Bonchev–Trinajstić information content (AvgIpc) is 3.05. The van der Waals surface area contributed by atoms with Crippen LogP contribution in [0.2, 0.25) is 0 Å². The molecule has 0 radical (unpaired) electrons. The van der Waals surface area contributed by atoms with Crippen molar-refractivity contribution in [1.29, 1.82) is 0 Å². The van der Waals surface area contributed by atoms with Gasteiger partial charge in [-0.3, -0.25) is 0 Å². The molecule has 1 fully saturated rings. The van der Waals surface area contributed by atoms with Gasteiger partial charge in [0.1, 0.15) is 0 Å². The number of hydrogen-bond donors (Lipinski definition) is 1. The summed E-state index contributed by atoms with van der Waals surface area (Å²) in [5.74, 6) is 1.47. The largest absolute Gasteiger partial charge is 0.372 e. The van der Waals surface area contributed by atoms with Crippen LogP contribution >= 0.6 is 0 Å². The van der Waals surface area contributed by atoms with Crippen molar-refractivity contribution < 1.29 is 4.74 Å². The van der Waals surface area contributed by atoms with E-state index in [2.05, 4.69) is 25.1 Å². The van der Waals surface area contributed by atoms with Crippen LogP contribution in [0.4, 0.5) is 0 Å². The molecule has 0 spiro atoms. The van der Waals surface area contributed by atoms with Gasteiger partial charge in [0.05, 0.1) is 13.2 Å². The van der Waals surface area contributed by atoms with E-state index in [1.165, 1.54) is 29.5 Å². The number of ether oxygens (including phenoxy) is 1. The van der Waals surface area contributed by atoms with Gasteiger partial charge in [-0.05, 0) is 41.4 Å². The van der Waals surface area contributed by atoms with E-state index in [1.54, 1.807) is 0 Å². The summed E-state index contributed by atoms with van der Waals surface area (Å²) in [6, 6.07) is 6.79. The fourth-order valence-electron chi connectivity index (χ4n) is 2.62. The van der Waals surface area contributed by atoms with Crippen LogP contribution < -0.4 is 5.73 Å². The normalized spacial score (nSPS) is 22.9. The van der Waals surface area contributed by atoms with Gasteiger partial charge in [-0.1, -0.05) is 25.1 Å². The maximum absolute atomic E-state index is 6.33. The second-order valence-corrected chi connectivity index (χ2v) is 5.24. The Morgan fingerprint density at radius 1 is 1.25 bits per heavy atom. The van der Waals surface area contributed by atoms with E-state index in [0.717, 1.165) is 19.1 Å². The Bertz CT molecular complexity index is 398. The lowest BCUT2D eigenvalue weighted by Gasteiger charge is -2.20. The molecule has 1 aromatic rings. The standard InChI is InChI=1S/C14H19NO/c1-9(10-2-3-10)14(15)11-4-5-12-7-16-8-13(12)6-11/h4-6,9-10,14H,2-3,7-8,15H2,1H3. The molecule has 16 heavy (non-hydrogen) atoms. The first-order valence-electron chi connectivity index (χ1n) is 6.21. The SMILES string of the molecule is CC(C1CC1)C(N)c1ccc2c(c1)COC2. The molecule has 2 N–H and O–H groups in total. The summed E-state index contributed by atoms with van der Waals surface area (Å²) in [7, 11) is 0. The zero-order valence-corrected chi connectivity index (χ0v) is 9.78. The molecule has 2 atom stereocenters. The maximum atomic E-state index is 6.33. The van der Waals surface area contributed by atoms with Crippen molar-refractivity contribution in [1.82, 2.24) is 0 Å².